The Balaban J connectivity index is 2.12. The van der Waals surface area contributed by atoms with Gasteiger partial charge in [0.15, 0.2) is 0 Å². The number of aliphatic hydroxyl groups is 1. The lowest BCUT2D eigenvalue weighted by Crippen LogP contribution is -1.99. The zero-order valence-corrected chi connectivity index (χ0v) is 11.4. The van der Waals surface area contributed by atoms with Gasteiger partial charge in [0.05, 0.1) is 17.9 Å². The Bertz CT molecular complexity index is 843. The van der Waals surface area contributed by atoms with Gasteiger partial charge in [0.1, 0.15) is 12.1 Å². The van der Waals surface area contributed by atoms with E-state index in [-0.39, 0.29) is 18.1 Å². The molecule has 0 aliphatic heterocycles. The number of nitrogens with zero attached hydrogens (tertiary/aromatic N) is 2. The molecule has 0 fully saturated rings. The van der Waals surface area contributed by atoms with Crippen LogP contribution < -0.4 is 4.74 Å². The van der Waals surface area contributed by atoms with Crippen LogP contribution in [0.3, 0.4) is 0 Å². The van der Waals surface area contributed by atoms with E-state index in [4.69, 9.17) is 9.84 Å². The van der Waals surface area contributed by atoms with Gasteiger partial charge >= 0.3 is 5.97 Å². The second-order valence-electron chi connectivity index (χ2n) is 4.57. The molecule has 0 aliphatic carbocycles. The Hall–Kier alpha value is -2.99. The molecule has 0 amide bonds. The normalized spacial score (nSPS) is 10.6. The summed E-state index contributed by atoms with van der Waals surface area (Å²) in [5.74, 6) is -0.398. The number of carbonyl (C=O) groups is 1. The highest BCUT2D eigenvalue weighted by molar-refractivity contribution is 6.06. The predicted molar refractivity (Wildman–Crippen MR) is 78.9 cm³/mol. The van der Waals surface area contributed by atoms with Crippen molar-refractivity contribution in [3.8, 4) is 11.6 Å². The number of carboxylic acid groups (broad SMARTS) is 1. The van der Waals surface area contributed by atoms with Crippen molar-refractivity contribution >= 4 is 16.7 Å². The van der Waals surface area contributed by atoms with Gasteiger partial charge in [-0.3, -0.25) is 0 Å². The van der Waals surface area contributed by atoms with E-state index in [1.807, 2.05) is 12.1 Å². The highest BCUT2D eigenvalue weighted by Gasteiger charge is 2.13. The molecule has 0 aliphatic rings. The lowest BCUT2D eigenvalue weighted by atomic mass is 10.0. The maximum absolute atomic E-state index is 11.4. The molecular formula is C16H12N2O4. The molecule has 2 aromatic carbocycles. The third-order valence-corrected chi connectivity index (χ3v) is 3.17. The van der Waals surface area contributed by atoms with Gasteiger partial charge in [-0.25, -0.2) is 14.8 Å². The first kappa shape index (κ1) is 14.0. The lowest BCUT2D eigenvalue weighted by molar-refractivity contribution is 0.0699. The third-order valence-electron chi connectivity index (χ3n) is 3.17. The molecule has 0 atom stereocenters. The van der Waals surface area contributed by atoms with Crippen molar-refractivity contribution in [2.45, 2.75) is 6.61 Å². The van der Waals surface area contributed by atoms with Crippen LogP contribution in [0.5, 0.6) is 11.6 Å². The van der Waals surface area contributed by atoms with Crippen LogP contribution in [0.25, 0.3) is 10.8 Å². The van der Waals surface area contributed by atoms with Gasteiger partial charge in [0, 0.05) is 11.5 Å². The summed E-state index contributed by atoms with van der Waals surface area (Å²) in [4.78, 5) is 19.3. The van der Waals surface area contributed by atoms with Crippen molar-refractivity contribution in [2.75, 3.05) is 0 Å². The molecule has 2 N–H and O–H groups in total. The van der Waals surface area contributed by atoms with Gasteiger partial charge in [-0.2, -0.15) is 0 Å². The van der Waals surface area contributed by atoms with Crippen LogP contribution in [0.15, 0.2) is 48.8 Å². The molecule has 0 unspecified atom stereocenters. The second-order valence-corrected chi connectivity index (χ2v) is 4.57. The largest absolute Gasteiger partial charge is 0.478 e. The summed E-state index contributed by atoms with van der Waals surface area (Å²) >= 11 is 0. The smallest absolute Gasteiger partial charge is 0.336 e. The Morgan fingerprint density at radius 2 is 1.91 bits per heavy atom. The highest BCUT2D eigenvalue weighted by atomic mass is 16.5. The highest BCUT2D eigenvalue weighted by Crippen LogP contribution is 2.32. The van der Waals surface area contributed by atoms with Gasteiger partial charge in [-0.15, -0.1) is 0 Å². The van der Waals surface area contributed by atoms with Crippen molar-refractivity contribution in [3.63, 3.8) is 0 Å². The molecule has 6 heteroatoms. The van der Waals surface area contributed by atoms with Crippen molar-refractivity contribution < 1.29 is 19.7 Å². The number of rotatable bonds is 4. The first-order valence-corrected chi connectivity index (χ1v) is 6.53. The predicted octanol–water partition coefficient (Wildman–Crippen LogP) is 2.61. The summed E-state index contributed by atoms with van der Waals surface area (Å²) in [6.07, 6.45) is 1.28. The Morgan fingerprint density at radius 1 is 1.14 bits per heavy atom. The average molecular weight is 296 g/mol. The monoisotopic (exact) mass is 296 g/mol. The number of fused-ring (bicyclic) bond motifs is 1. The molecule has 0 saturated heterocycles. The fourth-order valence-electron chi connectivity index (χ4n) is 2.20. The van der Waals surface area contributed by atoms with E-state index in [1.54, 1.807) is 18.2 Å². The van der Waals surface area contributed by atoms with Crippen molar-refractivity contribution in [1.29, 1.82) is 0 Å². The van der Waals surface area contributed by atoms with Crippen molar-refractivity contribution in [2.24, 2.45) is 0 Å². The molecule has 6 nitrogen and oxygen atoms in total. The van der Waals surface area contributed by atoms with E-state index in [9.17, 15) is 9.90 Å². The minimum Gasteiger partial charge on any atom is -0.478 e. The number of ether oxygens (including phenoxy) is 1. The molecule has 1 heterocycles. The fraction of sp³-hybridized carbons (Fsp3) is 0.0625. The van der Waals surface area contributed by atoms with Crippen LogP contribution in [0.1, 0.15) is 16.1 Å². The van der Waals surface area contributed by atoms with E-state index < -0.39 is 5.97 Å². The zero-order valence-electron chi connectivity index (χ0n) is 11.4. The SMILES string of the molecule is O=C(O)c1cccc2cccc(Oc3cc(CO)ncn3)c12. The van der Waals surface area contributed by atoms with Gasteiger partial charge in [0.2, 0.25) is 5.88 Å². The molecule has 22 heavy (non-hydrogen) atoms. The molecule has 3 rings (SSSR count). The summed E-state index contributed by atoms with van der Waals surface area (Å²) in [6.45, 7) is -0.227. The maximum atomic E-state index is 11.4. The number of hydrogen-bond acceptors (Lipinski definition) is 5. The van der Waals surface area contributed by atoms with Gasteiger partial charge in [0.25, 0.3) is 0 Å². The minimum absolute atomic E-state index is 0.157. The molecule has 110 valence electrons. The summed E-state index contributed by atoms with van der Waals surface area (Å²) in [5, 5.41) is 19.7. The lowest BCUT2D eigenvalue weighted by Gasteiger charge is -2.10. The average Bonchev–Trinajstić information content (AvgIpc) is 2.54. The van der Waals surface area contributed by atoms with Gasteiger partial charge < -0.3 is 14.9 Å². The number of carboxylic acids is 1. The summed E-state index contributed by atoms with van der Waals surface area (Å²) < 4.78 is 5.70. The first-order valence-electron chi connectivity index (χ1n) is 6.53. The maximum Gasteiger partial charge on any atom is 0.336 e. The summed E-state index contributed by atoms with van der Waals surface area (Å²) in [7, 11) is 0. The molecule has 0 bridgehead atoms. The Morgan fingerprint density at radius 3 is 2.64 bits per heavy atom. The Kier molecular flexibility index (Phi) is 3.67. The summed E-state index contributed by atoms with van der Waals surface area (Å²) in [5.41, 5.74) is 0.577. The van der Waals surface area contributed by atoms with Crippen molar-refractivity contribution in [3.05, 3.63) is 60.0 Å². The van der Waals surface area contributed by atoms with Crippen LogP contribution >= 0.6 is 0 Å². The van der Waals surface area contributed by atoms with Gasteiger partial charge in [-0.05, 0) is 17.5 Å². The van der Waals surface area contributed by atoms with Crippen LogP contribution in [0.4, 0.5) is 0 Å². The van der Waals surface area contributed by atoms with E-state index in [2.05, 4.69) is 9.97 Å². The van der Waals surface area contributed by atoms with E-state index in [1.165, 1.54) is 18.5 Å². The van der Waals surface area contributed by atoms with Crippen molar-refractivity contribution in [1.82, 2.24) is 9.97 Å². The van der Waals surface area contributed by atoms with E-state index in [0.29, 0.717) is 16.8 Å². The number of aromatic nitrogens is 2. The third kappa shape index (κ3) is 2.59. The molecule has 0 saturated carbocycles. The zero-order chi connectivity index (χ0) is 15.5. The van der Waals surface area contributed by atoms with Crippen LogP contribution in [-0.4, -0.2) is 26.2 Å². The molecule has 3 aromatic rings. The van der Waals surface area contributed by atoms with Gasteiger partial charge in [-0.1, -0.05) is 24.3 Å². The quantitative estimate of drug-likeness (QED) is 0.768. The number of aliphatic hydroxyl groups excluding tert-OH is 1. The standard InChI is InChI=1S/C16H12N2O4/c19-8-11-7-14(18-9-17-11)22-13-6-2-4-10-3-1-5-12(15(10)13)16(20)21/h1-7,9,19H,8H2,(H,20,21). The van der Waals surface area contributed by atoms with E-state index >= 15 is 0 Å². The topological polar surface area (TPSA) is 92.5 Å². The van der Waals surface area contributed by atoms with Crippen LogP contribution in [0.2, 0.25) is 0 Å². The minimum atomic E-state index is -1.03. The number of aromatic carboxylic acids is 1. The molecular weight excluding hydrogens is 284 g/mol. The second kappa shape index (κ2) is 5.79. The Labute approximate surface area is 125 Å². The van der Waals surface area contributed by atoms with E-state index in [0.717, 1.165) is 5.39 Å². The molecule has 0 radical (unpaired) electrons. The molecule has 1 aromatic heterocycles. The molecule has 0 spiro atoms. The summed E-state index contributed by atoms with van der Waals surface area (Å²) in [6, 6.07) is 11.8. The van der Waals surface area contributed by atoms with Crippen LogP contribution in [-0.2, 0) is 6.61 Å². The van der Waals surface area contributed by atoms with Crippen LogP contribution in [0, 0.1) is 0 Å². The number of hydrogen-bond donors (Lipinski definition) is 2. The number of benzene rings is 2. The first-order chi connectivity index (χ1) is 10.7. The fourth-order valence-corrected chi connectivity index (χ4v) is 2.20.